The molecule has 0 saturated heterocycles. The molecule has 1 rings (SSSR count). The van der Waals surface area contributed by atoms with Gasteiger partial charge in [-0.3, -0.25) is 16.2 Å². The molecule has 1 unspecified atom stereocenters. The molecule has 4 heteroatoms. The lowest BCUT2D eigenvalue weighted by Gasteiger charge is -2.43. The first-order chi connectivity index (χ1) is 8.95. The maximum Gasteiger partial charge on any atom is 0.0429 e. The molecule has 1 aromatic rings. The molecule has 0 aliphatic rings. The van der Waals surface area contributed by atoms with Gasteiger partial charge in [0.15, 0.2) is 0 Å². The van der Waals surface area contributed by atoms with Crippen molar-refractivity contribution in [1.29, 1.82) is 0 Å². The van der Waals surface area contributed by atoms with Crippen LogP contribution in [0.2, 0.25) is 5.02 Å². The van der Waals surface area contributed by atoms with Crippen molar-refractivity contribution in [3.8, 4) is 0 Å². The number of benzene rings is 1. The Morgan fingerprint density at radius 1 is 1.32 bits per heavy atom. The van der Waals surface area contributed by atoms with E-state index in [0.29, 0.717) is 0 Å². The molecule has 0 saturated carbocycles. The third-order valence-electron chi connectivity index (χ3n) is 3.96. The molecule has 0 bridgehead atoms. The van der Waals surface area contributed by atoms with Crippen molar-refractivity contribution >= 4 is 11.6 Å². The first-order valence-electron chi connectivity index (χ1n) is 6.91. The topological polar surface area (TPSA) is 41.3 Å². The summed E-state index contributed by atoms with van der Waals surface area (Å²) in [5.74, 6) is 5.78. The maximum absolute atomic E-state index is 6.04. The SMILES string of the molecule is CCN(CC)C(C)(C)C(Cc1cccc(Cl)c1)NN. The van der Waals surface area contributed by atoms with Crippen LogP contribution in [-0.2, 0) is 6.42 Å². The molecule has 0 fully saturated rings. The minimum Gasteiger partial charge on any atom is -0.297 e. The van der Waals surface area contributed by atoms with Crippen LogP contribution in [0.1, 0.15) is 33.3 Å². The molecule has 0 heterocycles. The highest BCUT2D eigenvalue weighted by atomic mass is 35.5. The second-order valence-electron chi connectivity index (χ2n) is 5.38. The van der Waals surface area contributed by atoms with E-state index in [2.05, 4.69) is 44.1 Å². The number of halogens is 1. The van der Waals surface area contributed by atoms with Gasteiger partial charge in [0, 0.05) is 16.6 Å². The average molecular weight is 284 g/mol. The van der Waals surface area contributed by atoms with E-state index in [9.17, 15) is 0 Å². The summed E-state index contributed by atoms with van der Waals surface area (Å²) in [6, 6.07) is 8.14. The third-order valence-corrected chi connectivity index (χ3v) is 4.20. The highest BCUT2D eigenvalue weighted by Gasteiger charge is 2.33. The van der Waals surface area contributed by atoms with Gasteiger partial charge in [0.05, 0.1) is 0 Å². The van der Waals surface area contributed by atoms with Gasteiger partial charge in [0.1, 0.15) is 0 Å². The highest BCUT2D eigenvalue weighted by Crippen LogP contribution is 2.22. The van der Waals surface area contributed by atoms with Crippen molar-refractivity contribution in [2.24, 2.45) is 5.84 Å². The van der Waals surface area contributed by atoms with Crippen LogP contribution in [0, 0.1) is 0 Å². The molecular weight excluding hydrogens is 258 g/mol. The first kappa shape index (κ1) is 16.4. The van der Waals surface area contributed by atoms with E-state index in [1.54, 1.807) is 0 Å². The number of rotatable bonds is 7. The van der Waals surface area contributed by atoms with Crippen molar-refractivity contribution in [3.05, 3.63) is 34.9 Å². The minimum atomic E-state index is -0.0133. The van der Waals surface area contributed by atoms with Gasteiger partial charge in [0.25, 0.3) is 0 Å². The number of nitrogens with two attached hydrogens (primary N) is 1. The van der Waals surface area contributed by atoms with Crippen LogP contribution in [0.15, 0.2) is 24.3 Å². The van der Waals surface area contributed by atoms with Crippen molar-refractivity contribution < 1.29 is 0 Å². The molecule has 1 atom stereocenters. The van der Waals surface area contributed by atoms with E-state index in [0.717, 1.165) is 24.5 Å². The Morgan fingerprint density at radius 3 is 2.42 bits per heavy atom. The normalized spacial score (nSPS) is 13.8. The zero-order chi connectivity index (χ0) is 14.5. The Morgan fingerprint density at radius 2 is 1.95 bits per heavy atom. The Labute approximate surface area is 122 Å². The van der Waals surface area contributed by atoms with E-state index in [1.165, 1.54) is 5.56 Å². The van der Waals surface area contributed by atoms with E-state index < -0.39 is 0 Å². The summed E-state index contributed by atoms with van der Waals surface area (Å²) in [4.78, 5) is 2.42. The molecule has 0 aliphatic heterocycles. The lowest BCUT2D eigenvalue weighted by Crippen LogP contribution is -2.60. The number of hydrazine groups is 1. The zero-order valence-electron chi connectivity index (χ0n) is 12.4. The zero-order valence-corrected chi connectivity index (χ0v) is 13.2. The predicted molar refractivity (Wildman–Crippen MR) is 83.3 cm³/mol. The fraction of sp³-hybridized carbons (Fsp3) is 0.600. The lowest BCUT2D eigenvalue weighted by molar-refractivity contribution is 0.0912. The van der Waals surface area contributed by atoms with Crippen LogP contribution in [-0.4, -0.2) is 29.6 Å². The summed E-state index contributed by atoms with van der Waals surface area (Å²) in [6.07, 6.45) is 0.862. The fourth-order valence-electron chi connectivity index (χ4n) is 2.67. The van der Waals surface area contributed by atoms with Gasteiger partial charge < -0.3 is 0 Å². The second-order valence-corrected chi connectivity index (χ2v) is 5.82. The number of hydrogen-bond donors (Lipinski definition) is 2. The summed E-state index contributed by atoms with van der Waals surface area (Å²) in [5.41, 5.74) is 4.17. The van der Waals surface area contributed by atoms with Gasteiger partial charge in [-0.15, -0.1) is 0 Å². The van der Waals surface area contributed by atoms with Gasteiger partial charge in [-0.2, -0.15) is 0 Å². The first-order valence-corrected chi connectivity index (χ1v) is 7.29. The van der Waals surface area contributed by atoms with Crippen LogP contribution >= 0.6 is 11.6 Å². The molecule has 1 aromatic carbocycles. The fourth-order valence-corrected chi connectivity index (χ4v) is 2.88. The molecule has 19 heavy (non-hydrogen) atoms. The molecule has 0 radical (unpaired) electrons. The summed E-state index contributed by atoms with van der Waals surface area (Å²) in [6.45, 7) is 10.8. The number of hydrogen-bond acceptors (Lipinski definition) is 3. The van der Waals surface area contributed by atoms with Gasteiger partial charge in [-0.1, -0.05) is 37.6 Å². The number of nitrogens with one attached hydrogen (secondary N) is 1. The maximum atomic E-state index is 6.04. The largest absolute Gasteiger partial charge is 0.297 e. The summed E-state index contributed by atoms with van der Waals surface area (Å²) < 4.78 is 0. The van der Waals surface area contributed by atoms with Crippen molar-refractivity contribution in [2.45, 2.75) is 45.7 Å². The molecule has 0 spiro atoms. The lowest BCUT2D eigenvalue weighted by atomic mass is 9.88. The number of likely N-dealkylation sites (N-methyl/N-ethyl adjacent to an activating group) is 1. The molecule has 3 nitrogen and oxygen atoms in total. The van der Waals surface area contributed by atoms with Gasteiger partial charge >= 0.3 is 0 Å². The number of nitrogens with zero attached hydrogens (tertiary/aromatic N) is 1. The van der Waals surface area contributed by atoms with E-state index in [1.807, 2.05) is 18.2 Å². The quantitative estimate of drug-likeness (QED) is 0.597. The highest BCUT2D eigenvalue weighted by molar-refractivity contribution is 6.30. The summed E-state index contributed by atoms with van der Waals surface area (Å²) >= 11 is 6.04. The van der Waals surface area contributed by atoms with Crippen LogP contribution in [0.5, 0.6) is 0 Å². The summed E-state index contributed by atoms with van der Waals surface area (Å²) in [7, 11) is 0. The average Bonchev–Trinajstić information content (AvgIpc) is 2.37. The monoisotopic (exact) mass is 283 g/mol. The van der Waals surface area contributed by atoms with E-state index in [4.69, 9.17) is 17.4 Å². The molecule has 0 amide bonds. The van der Waals surface area contributed by atoms with Crippen LogP contribution in [0.25, 0.3) is 0 Å². The Hall–Kier alpha value is -0.610. The Balaban J connectivity index is 2.88. The predicted octanol–water partition coefficient (Wildman–Crippen LogP) is 2.83. The minimum absolute atomic E-state index is 0.0133. The molecule has 108 valence electrons. The van der Waals surface area contributed by atoms with Crippen molar-refractivity contribution in [1.82, 2.24) is 10.3 Å². The van der Waals surface area contributed by atoms with Gasteiger partial charge in [0.2, 0.25) is 0 Å². The van der Waals surface area contributed by atoms with Gasteiger partial charge in [-0.25, -0.2) is 0 Å². The standard InChI is InChI=1S/C15H26ClN3/c1-5-19(6-2)15(3,4)14(18-17)11-12-8-7-9-13(16)10-12/h7-10,14,18H,5-6,11,17H2,1-4H3. The summed E-state index contributed by atoms with van der Waals surface area (Å²) in [5, 5.41) is 0.772. The van der Waals surface area contributed by atoms with E-state index in [-0.39, 0.29) is 11.6 Å². The Kier molecular flexibility index (Phi) is 6.27. The third kappa shape index (κ3) is 4.18. The van der Waals surface area contributed by atoms with Crippen LogP contribution in [0.3, 0.4) is 0 Å². The van der Waals surface area contributed by atoms with E-state index >= 15 is 0 Å². The van der Waals surface area contributed by atoms with Crippen molar-refractivity contribution in [2.75, 3.05) is 13.1 Å². The molecule has 0 aromatic heterocycles. The van der Waals surface area contributed by atoms with Crippen LogP contribution < -0.4 is 11.3 Å². The van der Waals surface area contributed by atoms with Crippen LogP contribution in [0.4, 0.5) is 0 Å². The molecular formula is C15H26ClN3. The molecule has 3 N–H and O–H groups in total. The molecule has 0 aliphatic carbocycles. The Bertz CT molecular complexity index is 389. The second kappa shape index (κ2) is 7.25. The van der Waals surface area contributed by atoms with Gasteiger partial charge in [-0.05, 0) is 51.1 Å². The smallest absolute Gasteiger partial charge is 0.0429 e. The van der Waals surface area contributed by atoms with Crippen molar-refractivity contribution in [3.63, 3.8) is 0 Å².